The fourth-order valence-electron chi connectivity index (χ4n) is 5.33. The highest BCUT2D eigenvalue weighted by Gasteiger charge is 2.52. The molecule has 4 atom stereocenters. The van der Waals surface area contributed by atoms with E-state index in [1.54, 1.807) is 11.1 Å². The minimum atomic E-state index is -0.120. The van der Waals surface area contributed by atoms with Crippen LogP contribution in [0.1, 0.15) is 58.3 Å². The van der Waals surface area contributed by atoms with Crippen LogP contribution in [0.5, 0.6) is 0 Å². The Hall–Kier alpha value is -0.890. The van der Waals surface area contributed by atoms with Crippen molar-refractivity contribution < 1.29 is 9.90 Å². The first kappa shape index (κ1) is 12.8. The van der Waals surface area contributed by atoms with Crippen LogP contribution in [0.2, 0.25) is 0 Å². The third kappa shape index (κ3) is 1.64. The van der Waals surface area contributed by atoms with E-state index in [9.17, 15) is 9.90 Å². The zero-order chi connectivity index (χ0) is 13.9. The third-order valence-corrected chi connectivity index (χ3v) is 6.51. The second-order valence-electron chi connectivity index (χ2n) is 7.46. The lowest BCUT2D eigenvalue weighted by Gasteiger charge is -2.45. The number of hydrogen-bond donors (Lipinski definition) is 1. The first-order valence-electron chi connectivity index (χ1n) is 8.21. The summed E-state index contributed by atoms with van der Waals surface area (Å²) in [6.07, 6.45) is 10.3. The zero-order valence-electron chi connectivity index (χ0n) is 12.3. The maximum atomic E-state index is 12.3. The van der Waals surface area contributed by atoms with Crippen molar-refractivity contribution >= 4 is 5.78 Å². The van der Waals surface area contributed by atoms with E-state index < -0.39 is 0 Å². The number of hydrogen-bond acceptors (Lipinski definition) is 2. The predicted octanol–water partition coefficient (Wildman–Crippen LogP) is 3.55. The van der Waals surface area contributed by atoms with E-state index in [1.807, 2.05) is 0 Å². The average Bonchev–Trinajstić information content (AvgIpc) is 2.74. The highest BCUT2D eigenvalue weighted by Crippen LogP contribution is 2.58. The minimum Gasteiger partial charge on any atom is -0.393 e. The molecule has 4 rings (SSSR count). The van der Waals surface area contributed by atoms with E-state index in [2.05, 4.69) is 13.0 Å². The van der Waals surface area contributed by atoms with Crippen LogP contribution in [-0.4, -0.2) is 17.0 Å². The zero-order valence-corrected chi connectivity index (χ0v) is 12.3. The molecule has 20 heavy (non-hydrogen) atoms. The van der Waals surface area contributed by atoms with Gasteiger partial charge in [0, 0.05) is 17.8 Å². The Kier molecular flexibility index (Phi) is 2.76. The molecule has 0 aromatic rings. The Bertz CT molecular complexity index is 528. The van der Waals surface area contributed by atoms with Crippen LogP contribution >= 0.6 is 0 Å². The van der Waals surface area contributed by atoms with Crippen molar-refractivity contribution in [1.29, 1.82) is 0 Å². The molecule has 2 unspecified atom stereocenters. The second-order valence-corrected chi connectivity index (χ2v) is 7.46. The van der Waals surface area contributed by atoms with Crippen LogP contribution in [0, 0.1) is 17.3 Å². The molecule has 108 valence electrons. The largest absolute Gasteiger partial charge is 0.393 e. The third-order valence-electron chi connectivity index (χ3n) is 6.51. The van der Waals surface area contributed by atoms with Gasteiger partial charge < -0.3 is 5.11 Å². The molecule has 2 nitrogen and oxygen atoms in total. The summed E-state index contributed by atoms with van der Waals surface area (Å²) in [6.45, 7) is 2.21. The van der Waals surface area contributed by atoms with E-state index in [1.165, 1.54) is 5.57 Å². The molecule has 0 radical (unpaired) electrons. The summed E-state index contributed by atoms with van der Waals surface area (Å²) < 4.78 is 0. The molecule has 0 heterocycles. The Morgan fingerprint density at radius 1 is 1.25 bits per heavy atom. The van der Waals surface area contributed by atoms with Crippen molar-refractivity contribution in [3.8, 4) is 0 Å². The van der Waals surface area contributed by atoms with Crippen molar-refractivity contribution in [3.63, 3.8) is 0 Å². The van der Waals surface area contributed by atoms with Gasteiger partial charge in [-0.25, -0.2) is 0 Å². The van der Waals surface area contributed by atoms with Crippen LogP contribution in [0.3, 0.4) is 0 Å². The minimum absolute atomic E-state index is 0.0609. The number of carbonyl (C=O) groups is 1. The van der Waals surface area contributed by atoms with Gasteiger partial charge in [0.15, 0.2) is 0 Å². The first-order valence-corrected chi connectivity index (χ1v) is 8.21. The summed E-state index contributed by atoms with van der Waals surface area (Å²) in [5, 5.41) is 9.87. The fraction of sp³-hybridized carbons (Fsp3) is 0.722. The van der Waals surface area contributed by atoms with Gasteiger partial charge >= 0.3 is 0 Å². The van der Waals surface area contributed by atoms with Gasteiger partial charge in [-0.3, -0.25) is 4.79 Å². The van der Waals surface area contributed by atoms with E-state index in [4.69, 9.17) is 0 Å². The molecule has 2 saturated carbocycles. The van der Waals surface area contributed by atoms with Gasteiger partial charge in [-0.05, 0) is 50.9 Å². The molecule has 2 fully saturated rings. The van der Waals surface area contributed by atoms with Crippen molar-refractivity contribution in [3.05, 3.63) is 22.8 Å². The molecule has 0 amide bonds. The molecular formula is C18H24O2. The van der Waals surface area contributed by atoms with Gasteiger partial charge in [0.25, 0.3) is 0 Å². The molecular weight excluding hydrogens is 248 g/mol. The number of aliphatic hydroxyl groups excluding tert-OH is 1. The number of allylic oxidation sites excluding steroid dienone is 3. The highest BCUT2D eigenvalue weighted by molar-refractivity contribution is 5.88. The summed E-state index contributed by atoms with van der Waals surface area (Å²) in [5.41, 5.74) is 4.66. The Morgan fingerprint density at radius 2 is 2.10 bits per heavy atom. The lowest BCUT2D eigenvalue weighted by atomic mass is 9.58. The van der Waals surface area contributed by atoms with Crippen molar-refractivity contribution in [2.24, 2.45) is 17.3 Å². The lowest BCUT2D eigenvalue weighted by molar-refractivity contribution is -0.127. The smallest absolute Gasteiger partial charge is 0.139 e. The maximum absolute atomic E-state index is 12.3. The van der Waals surface area contributed by atoms with E-state index in [-0.39, 0.29) is 11.5 Å². The van der Waals surface area contributed by atoms with Crippen LogP contribution in [0.25, 0.3) is 0 Å². The van der Waals surface area contributed by atoms with Gasteiger partial charge in [0.2, 0.25) is 0 Å². The highest BCUT2D eigenvalue weighted by atomic mass is 16.3. The second kappa shape index (κ2) is 4.30. The number of Topliss-reactive ketones (excluding diaryl/α,β-unsaturated/α-hetero) is 1. The van der Waals surface area contributed by atoms with Crippen molar-refractivity contribution in [1.82, 2.24) is 0 Å². The SMILES string of the molecule is CC12CC[C@H]3C(=CCC4=C3CCC(O)C4)[C@@H]1CCC2=O. The lowest BCUT2D eigenvalue weighted by Crippen LogP contribution is -2.39. The summed E-state index contributed by atoms with van der Waals surface area (Å²) in [6, 6.07) is 0. The first-order chi connectivity index (χ1) is 9.59. The number of rotatable bonds is 0. The quantitative estimate of drug-likeness (QED) is 0.685. The molecule has 4 aliphatic rings. The standard InChI is InChI=1S/C18H24O2/c1-18-9-8-14-13-5-3-12(19)10-11(13)2-4-15(14)16(18)6-7-17(18)20/h4,12,14,16,19H,2-3,5-10H2,1H3/t12?,14-,16+,18?/m1/s1. The van der Waals surface area contributed by atoms with Crippen LogP contribution in [0.4, 0.5) is 0 Å². The normalized spacial score (nSPS) is 43.8. The number of ketones is 1. The van der Waals surface area contributed by atoms with Gasteiger partial charge in [-0.15, -0.1) is 0 Å². The summed E-state index contributed by atoms with van der Waals surface area (Å²) >= 11 is 0. The van der Waals surface area contributed by atoms with Crippen LogP contribution in [0.15, 0.2) is 22.8 Å². The average molecular weight is 272 g/mol. The van der Waals surface area contributed by atoms with Crippen LogP contribution < -0.4 is 0 Å². The molecule has 0 aromatic carbocycles. The molecule has 0 spiro atoms. The van der Waals surface area contributed by atoms with Gasteiger partial charge in [0.1, 0.15) is 5.78 Å². The Balaban J connectivity index is 1.68. The van der Waals surface area contributed by atoms with Gasteiger partial charge in [0.05, 0.1) is 6.10 Å². The topological polar surface area (TPSA) is 37.3 Å². The maximum Gasteiger partial charge on any atom is 0.139 e. The van der Waals surface area contributed by atoms with Crippen LogP contribution in [-0.2, 0) is 4.79 Å². The fourth-order valence-corrected chi connectivity index (χ4v) is 5.33. The molecule has 0 aromatic heterocycles. The van der Waals surface area contributed by atoms with Gasteiger partial charge in [-0.2, -0.15) is 0 Å². The number of fused-ring (bicyclic) bond motifs is 4. The van der Waals surface area contributed by atoms with E-state index in [0.29, 0.717) is 17.6 Å². The predicted molar refractivity (Wildman–Crippen MR) is 78.1 cm³/mol. The van der Waals surface area contributed by atoms with E-state index >= 15 is 0 Å². The van der Waals surface area contributed by atoms with Crippen molar-refractivity contribution in [2.45, 2.75) is 64.4 Å². The molecule has 1 N–H and O–H groups in total. The Labute approximate surface area is 120 Å². The Morgan fingerprint density at radius 3 is 2.95 bits per heavy atom. The number of aliphatic hydroxyl groups is 1. The summed E-state index contributed by atoms with van der Waals surface area (Å²) in [7, 11) is 0. The number of carbonyl (C=O) groups excluding carboxylic acids is 1. The van der Waals surface area contributed by atoms with Gasteiger partial charge in [-0.1, -0.05) is 29.7 Å². The molecule has 0 bridgehead atoms. The molecule has 0 aliphatic heterocycles. The summed E-state index contributed by atoms with van der Waals surface area (Å²) in [4.78, 5) is 12.3. The van der Waals surface area contributed by atoms with Crippen molar-refractivity contribution in [2.75, 3.05) is 0 Å². The van der Waals surface area contributed by atoms with E-state index in [0.717, 1.165) is 51.4 Å². The summed E-state index contributed by atoms with van der Waals surface area (Å²) in [5.74, 6) is 1.62. The monoisotopic (exact) mass is 272 g/mol. The molecule has 4 aliphatic carbocycles. The molecule has 0 saturated heterocycles. The molecule has 2 heteroatoms.